The summed E-state index contributed by atoms with van der Waals surface area (Å²) < 4.78 is 12.6. The lowest BCUT2D eigenvalue weighted by Gasteiger charge is -2.45. The Morgan fingerprint density at radius 1 is 0.324 bits per heavy atom. The molecule has 16 rings (SSSR count). The first-order chi connectivity index (χ1) is 33.8. The van der Waals surface area contributed by atoms with Crippen LogP contribution in [0.3, 0.4) is 0 Å². The molecule has 0 bridgehead atoms. The molecule has 314 valence electrons. The summed E-state index contributed by atoms with van der Waals surface area (Å²) in [5, 5.41) is 5.13. The van der Waals surface area contributed by atoms with Crippen molar-refractivity contribution < 1.29 is 4.74 Å². The summed E-state index contributed by atoms with van der Waals surface area (Å²) in [6.45, 7) is -0.148. The largest absolute Gasteiger partial charge is 0.458 e. The number of hydrogen-bond acceptors (Lipinski definition) is 6. The van der Waals surface area contributed by atoms with Gasteiger partial charge in [-0.05, 0) is 106 Å². The second-order valence-corrected chi connectivity index (χ2v) is 20.5. The predicted molar refractivity (Wildman–Crippen MR) is 292 cm³/mol. The summed E-state index contributed by atoms with van der Waals surface area (Å²) in [6.07, 6.45) is 0. The fourth-order valence-corrected chi connectivity index (χ4v) is 14.5. The van der Waals surface area contributed by atoms with Gasteiger partial charge in [-0.1, -0.05) is 133 Å². The SMILES string of the molecule is c1ccc(N2c3ccccc3B3c4cc5c(cc4N(c4ccccc4)c4c3c2cc2sc3ccccc3c42)Oc2cc3sc4ccccc4c3c3c2B5c2ccccc2N3c2ccccc2)cc1. The van der Waals surface area contributed by atoms with E-state index in [1.165, 1.54) is 102 Å². The second kappa shape index (κ2) is 13.8. The quantitative estimate of drug-likeness (QED) is 0.164. The van der Waals surface area contributed by atoms with Crippen LogP contribution in [0, 0.1) is 0 Å². The second-order valence-electron chi connectivity index (χ2n) is 18.3. The van der Waals surface area contributed by atoms with Crippen LogP contribution < -0.4 is 52.2 Å². The van der Waals surface area contributed by atoms with Gasteiger partial charge in [-0.15, -0.1) is 22.7 Å². The number of thiophene rings is 2. The molecule has 4 aliphatic heterocycles. The predicted octanol–water partition coefficient (Wildman–Crippen LogP) is 12.9. The minimum Gasteiger partial charge on any atom is -0.458 e. The molecule has 8 heteroatoms. The highest BCUT2D eigenvalue weighted by Crippen LogP contribution is 2.53. The van der Waals surface area contributed by atoms with E-state index in [4.69, 9.17) is 4.74 Å². The van der Waals surface area contributed by atoms with Crippen LogP contribution in [0.4, 0.5) is 51.2 Å². The molecule has 12 aromatic rings. The van der Waals surface area contributed by atoms with E-state index in [1.54, 1.807) is 0 Å². The Bertz CT molecular complexity index is 4120. The van der Waals surface area contributed by atoms with Crippen molar-refractivity contribution in [2.75, 3.05) is 14.7 Å². The Hall–Kier alpha value is -8.03. The van der Waals surface area contributed by atoms with Crippen LogP contribution in [-0.2, 0) is 0 Å². The molecule has 6 heterocycles. The van der Waals surface area contributed by atoms with Gasteiger partial charge >= 0.3 is 0 Å². The van der Waals surface area contributed by atoms with Gasteiger partial charge in [0.2, 0.25) is 0 Å². The van der Waals surface area contributed by atoms with Gasteiger partial charge < -0.3 is 19.4 Å². The third kappa shape index (κ3) is 4.90. The Morgan fingerprint density at radius 3 is 1.41 bits per heavy atom. The molecule has 0 aliphatic carbocycles. The first-order valence-corrected chi connectivity index (χ1v) is 25.0. The zero-order valence-electron chi connectivity index (χ0n) is 36.4. The lowest BCUT2D eigenvalue weighted by Crippen LogP contribution is -2.64. The number of nitrogens with zero attached hydrogens (tertiary/aromatic N) is 3. The van der Waals surface area contributed by atoms with E-state index in [1.807, 2.05) is 22.7 Å². The molecule has 0 unspecified atom stereocenters. The van der Waals surface area contributed by atoms with E-state index in [-0.39, 0.29) is 13.4 Å². The van der Waals surface area contributed by atoms with Crippen molar-refractivity contribution in [3.05, 3.63) is 212 Å². The van der Waals surface area contributed by atoms with Crippen molar-refractivity contribution in [1.82, 2.24) is 0 Å². The summed E-state index contributed by atoms with van der Waals surface area (Å²) in [6, 6.07) is 78.6. The highest BCUT2D eigenvalue weighted by Gasteiger charge is 2.48. The highest BCUT2D eigenvalue weighted by atomic mass is 32.1. The van der Waals surface area contributed by atoms with E-state index in [2.05, 4.69) is 227 Å². The Kier molecular flexibility index (Phi) is 7.51. The maximum atomic E-state index is 7.51. The molecule has 0 spiro atoms. The van der Waals surface area contributed by atoms with E-state index in [0.717, 1.165) is 34.2 Å². The molecule has 0 saturated carbocycles. The fraction of sp³-hybridized carbons (Fsp3) is 0. The summed E-state index contributed by atoms with van der Waals surface area (Å²) in [7, 11) is 0. The van der Waals surface area contributed by atoms with E-state index in [9.17, 15) is 0 Å². The number of anilines is 9. The number of ether oxygens (including phenoxy) is 1. The maximum absolute atomic E-state index is 7.51. The average molecular weight is 900 g/mol. The third-order valence-corrected chi connectivity index (χ3v) is 17.1. The van der Waals surface area contributed by atoms with Crippen molar-refractivity contribution in [1.29, 1.82) is 0 Å². The fourth-order valence-electron chi connectivity index (χ4n) is 12.2. The van der Waals surface area contributed by atoms with Crippen molar-refractivity contribution in [3.8, 4) is 11.5 Å². The Morgan fingerprint density at radius 2 is 0.794 bits per heavy atom. The number of benzene rings is 10. The summed E-state index contributed by atoms with van der Waals surface area (Å²) in [4.78, 5) is 7.58. The zero-order chi connectivity index (χ0) is 44.2. The molecule has 0 N–H and O–H groups in total. The number of rotatable bonds is 3. The lowest BCUT2D eigenvalue weighted by molar-refractivity contribution is 0.488. The molecular weight excluding hydrogens is 864 g/mol. The van der Waals surface area contributed by atoms with Gasteiger partial charge in [0.1, 0.15) is 11.5 Å². The number of fused-ring (bicyclic) bond motifs is 16. The van der Waals surface area contributed by atoms with Gasteiger partial charge in [0.05, 0.1) is 11.4 Å². The van der Waals surface area contributed by atoms with Gasteiger partial charge in [-0.3, -0.25) is 0 Å². The van der Waals surface area contributed by atoms with Crippen molar-refractivity contribution >= 4 is 160 Å². The van der Waals surface area contributed by atoms with Gasteiger partial charge in [0, 0.05) is 86.2 Å². The molecule has 0 radical (unpaired) electrons. The number of para-hydroxylation sites is 5. The maximum Gasteiger partial charge on any atom is 0.256 e. The molecular formula is C60H35B2N3OS2. The van der Waals surface area contributed by atoms with Crippen LogP contribution in [0.2, 0.25) is 0 Å². The van der Waals surface area contributed by atoms with Crippen LogP contribution in [-0.4, -0.2) is 13.4 Å². The van der Waals surface area contributed by atoms with Gasteiger partial charge in [-0.2, -0.15) is 0 Å². The Balaban J connectivity index is 1.04. The minimum atomic E-state index is -0.0812. The minimum absolute atomic E-state index is 0.0664. The summed E-state index contributed by atoms with van der Waals surface area (Å²) in [5.74, 6) is 1.82. The molecule has 2 aromatic heterocycles. The molecule has 0 fully saturated rings. The van der Waals surface area contributed by atoms with E-state index in [0.29, 0.717) is 0 Å². The molecule has 0 saturated heterocycles. The van der Waals surface area contributed by atoms with Crippen molar-refractivity contribution in [3.63, 3.8) is 0 Å². The van der Waals surface area contributed by atoms with Crippen LogP contribution >= 0.6 is 22.7 Å². The lowest BCUT2D eigenvalue weighted by atomic mass is 9.30. The van der Waals surface area contributed by atoms with Crippen LogP contribution in [0.5, 0.6) is 11.5 Å². The standard InChI is InChI=1S/C60H35B2N3OS2/c1-4-18-36(19-5-1)63-45-28-14-12-26-41(45)61-43-32-44-49(33-47(43)65(38-22-8-3-9-23-38)59-55-39-24-10-16-30-51(39)67-53(55)34-48(63)57(59)61)66-50-35-54-56(40-25-11-17-31-52(40)68-54)60-58(50)62(44)42-27-13-15-29-46(42)64(60)37-20-6-2-7-21-37/h1-35H. The molecule has 0 atom stereocenters. The zero-order valence-corrected chi connectivity index (χ0v) is 38.1. The first kappa shape index (κ1) is 37.1. The molecule has 4 nitrogen and oxygen atoms in total. The molecule has 0 amide bonds. The summed E-state index contributed by atoms with van der Waals surface area (Å²) >= 11 is 3.74. The van der Waals surface area contributed by atoms with Gasteiger partial charge in [0.25, 0.3) is 13.4 Å². The molecule has 10 aromatic carbocycles. The van der Waals surface area contributed by atoms with Crippen molar-refractivity contribution in [2.24, 2.45) is 0 Å². The van der Waals surface area contributed by atoms with Crippen LogP contribution in [0.1, 0.15) is 0 Å². The Labute approximate surface area is 401 Å². The van der Waals surface area contributed by atoms with Crippen LogP contribution in [0.15, 0.2) is 212 Å². The number of hydrogen-bond donors (Lipinski definition) is 0. The van der Waals surface area contributed by atoms with Crippen molar-refractivity contribution in [2.45, 2.75) is 0 Å². The van der Waals surface area contributed by atoms with E-state index < -0.39 is 0 Å². The normalized spacial score (nSPS) is 13.9. The van der Waals surface area contributed by atoms with Crippen LogP contribution in [0.25, 0.3) is 40.3 Å². The monoisotopic (exact) mass is 899 g/mol. The smallest absolute Gasteiger partial charge is 0.256 e. The highest BCUT2D eigenvalue weighted by molar-refractivity contribution is 7.26. The third-order valence-electron chi connectivity index (χ3n) is 14.8. The first-order valence-electron chi connectivity index (χ1n) is 23.3. The van der Waals surface area contributed by atoms with Gasteiger partial charge in [0.15, 0.2) is 0 Å². The summed E-state index contributed by atoms with van der Waals surface area (Å²) in [5.41, 5.74) is 18.2. The topological polar surface area (TPSA) is 19.0 Å². The molecule has 68 heavy (non-hydrogen) atoms. The van der Waals surface area contributed by atoms with E-state index >= 15 is 0 Å². The molecule has 4 aliphatic rings. The average Bonchev–Trinajstić information content (AvgIpc) is 3.96. The van der Waals surface area contributed by atoms with Gasteiger partial charge in [-0.25, -0.2) is 0 Å².